The van der Waals surface area contributed by atoms with Gasteiger partial charge in [-0.25, -0.2) is 4.98 Å². The highest BCUT2D eigenvalue weighted by molar-refractivity contribution is 7.98. The number of para-hydroxylation sites is 2. The number of hydrogen-bond donors (Lipinski definition) is 2. The van der Waals surface area contributed by atoms with Crippen molar-refractivity contribution in [2.75, 3.05) is 18.6 Å². The van der Waals surface area contributed by atoms with Gasteiger partial charge in [-0.1, -0.05) is 18.2 Å². The van der Waals surface area contributed by atoms with Crippen molar-refractivity contribution in [3.05, 3.63) is 48.2 Å². The van der Waals surface area contributed by atoms with Crippen LogP contribution >= 0.6 is 24.2 Å². The summed E-state index contributed by atoms with van der Waals surface area (Å²) < 4.78 is 11.3. The highest BCUT2D eigenvalue weighted by atomic mass is 35.5. The first-order valence-corrected chi connectivity index (χ1v) is 9.90. The second kappa shape index (κ2) is 12.4. The van der Waals surface area contributed by atoms with E-state index >= 15 is 0 Å². The van der Waals surface area contributed by atoms with Crippen LogP contribution < -0.4 is 20.5 Å². The van der Waals surface area contributed by atoms with Crippen LogP contribution in [0.25, 0.3) is 0 Å². The number of carbonyl (C=O) groups is 1. The van der Waals surface area contributed by atoms with Crippen LogP contribution in [-0.2, 0) is 11.3 Å². The molecule has 0 saturated carbocycles. The van der Waals surface area contributed by atoms with Crippen molar-refractivity contribution in [2.24, 2.45) is 5.73 Å². The molecule has 0 saturated heterocycles. The molecule has 6 nitrogen and oxygen atoms in total. The molecule has 0 radical (unpaired) electrons. The average Bonchev–Trinajstić information content (AvgIpc) is 2.67. The third-order valence-corrected chi connectivity index (χ3v) is 4.24. The predicted molar refractivity (Wildman–Crippen MR) is 112 cm³/mol. The Labute approximate surface area is 170 Å². The molecular formula is C19H26ClN3O3S. The molecule has 1 atom stereocenters. The SMILES string of the molecule is CCOc1ccccc1Oc1ccc(CNC(=O)[C@@H](N)CCSC)cn1.Cl. The zero-order chi connectivity index (χ0) is 18.8. The van der Waals surface area contributed by atoms with Gasteiger partial charge in [-0.15, -0.1) is 12.4 Å². The van der Waals surface area contributed by atoms with E-state index in [0.29, 0.717) is 37.0 Å². The van der Waals surface area contributed by atoms with Crippen molar-refractivity contribution in [2.45, 2.75) is 25.9 Å². The quantitative estimate of drug-likeness (QED) is 0.623. The van der Waals surface area contributed by atoms with Crippen molar-refractivity contribution in [1.29, 1.82) is 0 Å². The molecule has 1 aromatic carbocycles. The zero-order valence-corrected chi connectivity index (χ0v) is 17.1. The first-order chi connectivity index (χ1) is 12.6. The Morgan fingerprint density at radius 1 is 1.26 bits per heavy atom. The minimum absolute atomic E-state index is 0. The first kappa shape index (κ1) is 23.1. The highest BCUT2D eigenvalue weighted by Crippen LogP contribution is 2.30. The summed E-state index contributed by atoms with van der Waals surface area (Å²) >= 11 is 1.68. The molecule has 1 aromatic heterocycles. The Morgan fingerprint density at radius 2 is 2.00 bits per heavy atom. The topological polar surface area (TPSA) is 86.5 Å². The summed E-state index contributed by atoms with van der Waals surface area (Å²) in [6.45, 7) is 2.87. The monoisotopic (exact) mass is 411 g/mol. The number of carbonyl (C=O) groups excluding carboxylic acids is 1. The molecule has 1 heterocycles. The summed E-state index contributed by atoms with van der Waals surface area (Å²) in [5.41, 5.74) is 6.72. The van der Waals surface area contributed by atoms with E-state index in [4.69, 9.17) is 15.2 Å². The van der Waals surface area contributed by atoms with Crippen LogP contribution in [0.15, 0.2) is 42.6 Å². The number of nitrogens with two attached hydrogens (primary N) is 1. The number of thioether (sulfide) groups is 1. The minimum atomic E-state index is -0.479. The van der Waals surface area contributed by atoms with Gasteiger partial charge in [0.15, 0.2) is 11.5 Å². The summed E-state index contributed by atoms with van der Waals surface area (Å²) in [5.74, 6) is 2.47. The Hall–Kier alpha value is -1.96. The van der Waals surface area contributed by atoms with Gasteiger partial charge < -0.3 is 20.5 Å². The van der Waals surface area contributed by atoms with Crippen LogP contribution in [0, 0.1) is 0 Å². The number of rotatable bonds is 10. The molecule has 27 heavy (non-hydrogen) atoms. The second-order valence-corrected chi connectivity index (χ2v) is 6.58. The van der Waals surface area contributed by atoms with Crippen LogP contribution in [-0.4, -0.2) is 35.5 Å². The van der Waals surface area contributed by atoms with Crippen molar-refractivity contribution in [3.8, 4) is 17.4 Å². The van der Waals surface area contributed by atoms with Crippen LogP contribution in [0.5, 0.6) is 17.4 Å². The number of ether oxygens (including phenoxy) is 2. The standard InChI is InChI=1S/C19H25N3O3S.ClH/c1-3-24-16-6-4-5-7-17(16)25-18-9-8-14(12-21-18)13-22-19(23)15(20)10-11-26-2;/h4-9,12,15H,3,10-11,13,20H2,1-2H3,(H,22,23);1H/t15-;/m0./s1. The lowest BCUT2D eigenvalue weighted by Gasteiger charge is -2.12. The maximum absolute atomic E-state index is 11.9. The van der Waals surface area contributed by atoms with Crippen LogP contribution in [0.2, 0.25) is 0 Å². The lowest BCUT2D eigenvalue weighted by molar-refractivity contribution is -0.122. The molecule has 0 aliphatic carbocycles. The fourth-order valence-corrected chi connectivity index (χ4v) is 2.68. The Morgan fingerprint density at radius 3 is 2.63 bits per heavy atom. The van der Waals surface area contributed by atoms with E-state index < -0.39 is 6.04 Å². The number of hydrogen-bond acceptors (Lipinski definition) is 6. The van der Waals surface area contributed by atoms with Crippen LogP contribution in [0.1, 0.15) is 18.9 Å². The van der Waals surface area contributed by atoms with Gasteiger partial charge in [0, 0.05) is 18.8 Å². The largest absolute Gasteiger partial charge is 0.490 e. The molecule has 8 heteroatoms. The van der Waals surface area contributed by atoms with Crippen molar-refractivity contribution < 1.29 is 14.3 Å². The zero-order valence-electron chi connectivity index (χ0n) is 15.5. The Bertz CT molecular complexity index is 701. The van der Waals surface area contributed by atoms with E-state index in [1.54, 1.807) is 24.0 Å². The highest BCUT2D eigenvalue weighted by Gasteiger charge is 2.12. The maximum atomic E-state index is 11.9. The van der Waals surface area contributed by atoms with Gasteiger partial charge in [-0.05, 0) is 43.0 Å². The fourth-order valence-electron chi connectivity index (χ4n) is 2.19. The second-order valence-electron chi connectivity index (χ2n) is 5.59. The van der Waals surface area contributed by atoms with Gasteiger partial charge in [0.05, 0.1) is 12.6 Å². The molecule has 2 aromatic rings. The van der Waals surface area contributed by atoms with E-state index in [-0.39, 0.29) is 18.3 Å². The minimum Gasteiger partial charge on any atom is -0.490 e. The maximum Gasteiger partial charge on any atom is 0.237 e. The number of amides is 1. The fraction of sp³-hybridized carbons (Fsp3) is 0.368. The number of aromatic nitrogens is 1. The molecule has 3 N–H and O–H groups in total. The molecule has 2 rings (SSSR count). The van der Waals surface area contributed by atoms with E-state index in [1.165, 1.54) is 0 Å². The number of nitrogens with one attached hydrogen (secondary N) is 1. The molecule has 0 aliphatic rings. The van der Waals surface area contributed by atoms with E-state index in [0.717, 1.165) is 11.3 Å². The van der Waals surface area contributed by atoms with Crippen molar-refractivity contribution in [1.82, 2.24) is 10.3 Å². The van der Waals surface area contributed by atoms with Gasteiger partial charge in [-0.2, -0.15) is 11.8 Å². The number of nitrogens with zero attached hydrogens (tertiary/aromatic N) is 1. The molecule has 1 amide bonds. The smallest absolute Gasteiger partial charge is 0.237 e. The van der Waals surface area contributed by atoms with E-state index in [2.05, 4.69) is 10.3 Å². The lowest BCUT2D eigenvalue weighted by atomic mass is 10.2. The summed E-state index contributed by atoms with van der Waals surface area (Å²) in [4.78, 5) is 16.2. The third-order valence-electron chi connectivity index (χ3n) is 3.60. The average molecular weight is 412 g/mol. The van der Waals surface area contributed by atoms with Crippen molar-refractivity contribution in [3.63, 3.8) is 0 Å². The molecule has 0 fully saturated rings. The Balaban J connectivity index is 0.00000364. The van der Waals surface area contributed by atoms with E-state index in [1.807, 2.05) is 43.5 Å². The van der Waals surface area contributed by atoms with Gasteiger partial charge in [0.1, 0.15) is 0 Å². The molecule has 0 bridgehead atoms. The van der Waals surface area contributed by atoms with Crippen LogP contribution in [0.4, 0.5) is 0 Å². The predicted octanol–water partition coefficient (Wildman–Crippen LogP) is 3.39. The number of pyridine rings is 1. The van der Waals surface area contributed by atoms with E-state index in [9.17, 15) is 4.79 Å². The summed E-state index contributed by atoms with van der Waals surface area (Å²) in [5, 5.41) is 2.83. The van der Waals surface area contributed by atoms with Gasteiger partial charge in [-0.3, -0.25) is 4.79 Å². The summed E-state index contributed by atoms with van der Waals surface area (Å²) in [7, 11) is 0. The lowest BCUT2D eigenvalue weighted by Crippen LogP contribution is -2.40. The normalized spacial score (nSPS) is 11.2. The summed E-state index contributed by atoms with van der Waals surface area (Å²) in [6.07, 6.45) is 4.33. The molecule has 148 valence electrons. The molecular weight excluding hydrogens is 386 g/mol. The molecule has 0 aliphatic heterocycles. The van der Waals surface area contributed by atoms with Gasteiger partial charge in [0.25, 0.3) is 0 Å². The summed E-state index contributed by atoms with van der Waals surface area (Å²) in [6, 6.07) is 10.6. The third kappa shape index (κ3) is 7.66. The van der Waals surface area contributed by atoms with Crippen LogP contribution in [0.3, 0.4) is 0 Å². The first-order valence-electron chi connectivity index (χ1n) is 8.51. The molecule has 0 unspecified atom stereocenters. The molecule has 0 spiro atoms. The van der Waals surface area contributed by atoms with Gasteiger partial charge in [0.2, 0.25) is 11.8 Å². The number of benzene rings is 1. The number of halogens is 1. The van der Waals surface area contributed by atoms with Gasteiger partial charge >= 0.3 is 0 Å². The Kier molecular flexibility index (Phi) is 10.6. The van der Waals surface area contributed by atoms with Crippen molar-refractivity contribution >= 4 is 30.1 Å².